The van der Waals surface area contributed by atoms with E-state index in [1.165, 1.54) is 0 Å². The number of aromatic nitrogens is 2. The van der Waals surface area contributed by atoms with E-state index in [0.29, 0.717) is 19.4 Å². The van der Waals surface area contributed by atoms with Crippen molar-refractivity contribution in [1.29, 1.82) is 0 Å². The zero-order chi connectivity index (χ0) is 12.8. The molecule has 2 rings (SSSR count). The van der Waals surface area contributed by atoms with Gasteiger partial charge in [-0.3, -0.25) is 9.78 Å². The number of nitrogens with one attached hydrogen (secondary N) is 1. The Labute approximate surface area is 118 Å². The molecule has 2 heterocycles. The van der Waals surface area contributed by atoms with Gasteiger partial charge >= 0.3 is 0 Å². The van der Waals surface area contributed by atoms with Crippen LogP contribution in [0.4, 0.5) is 0 Å². The third-order valence-corrected chi connectivity index (χ3v) is 3.41. The molecule has 6 heteroatoms. The van der Waals surface area contributed by atoms with E-state index in [9.17, 15) is 4.79 Å². The zero-order valence-corrected chi connectivity index (χ0v) is 12.0. The Morgan fingerprint density at radius 1 is 1.44 bits per heavy atom. The molecule has 0 aliphatic carbocycles. The normalized spacial score (nSPS) is 10.3. The minimum atomic E-state index is 0.0305. The van der Waals surface area contributed by atoms with Crippen LogP contribution in [0.2, 0.25) is 0 Å². The first kappa shape index (κ1) is 13.2. The Bertz CT molecular complexity index is 516. The van der Waals surface area contributed by atoms with Gasteiger partial charge in [-0.25, -0.2) is 4.98 Å². The van der Waals surface area contributed by atoms with Gasteiger partial charge < -0.3 is 5.32 Å². The minimum Gasteiger partial charge on any atom is -0.352 e. The van der Waals surface area contributed by atoms with E-state index in [1.54, 1.807) is 29.2 Å². The van der Waals surface area contributed by atoms with Crippen LogP contribution in [0.5, 0.6) is 0 Å². The summed E-state index contributed by atoms with van der Waals surface area (Å²) in [6, 6.07) is 1.94. The maximum absolute atomic E-state index is 11.6. The molecule has 0 radical (unpaired) electrons. The van der Waals surface area contributed by atoms with Crippen molar-refractivity contribution in [2.45, 2.75) is 19.4 Å². The molecule has 1 amide bonds. The second kappa shape index (κ2) is 6.61. The quantitative estimate of drug-likeness (QED) is 0.919. The summed E-state index contributed by atoms with van der Waals surface area (Å²) >= 11 is 4.89. The van der Waals surface area contributed by atoms with Crippen LogP contribution in [0, 0.1) is 0 Å². The third-order valence-electron chi connectivity index (χ3n) is 2.34. The van der Waals surface area contributed by atoms with Crippen LogP contribution >= 0.6 is 27.3 Å². The summed E-state index contributed by atoms with van der Waals surface area (Å²) in [6.07, 6.45) is 4.61. The highest BCUT2D eigenvalue weighted by Gasteiger charge is 2.03. The molecule has 94 valence electrons. The molecule has 4 nitrogen and oxygen atoms in total. The van der Waals surface area contributed by atoms with Gasteiger partial charge in [-0.1, -0.05) is 0 Å². The molecule has 0 spiro atoms. The van der Waals surface area contributed by atoms with Gasteiger partial charge in [0.05, 0.1) is 11.2 Å². The molecule has 2 aromatic rings. The van der Waals surface area contributed by atoms with Gasteiger partial charge in [-0.15, -0.1) is 11.3 Å². The maximum atomic E-state index is 11.6. The van der Waals surface area contributed by atoms with E-state index in [1.807, 2.05) is 11.4 Å². The second-order valence-electron chi connectivity index (χ2n) is 3.77. The number of hydrogen-bond donors (Lipinski definition) is 1. The molecule has 0 saturated heterocycles. The highest BCUT2D eigenvalue weighted by atomic mass is 79.9. The van der Waals surface area contributed by atoms with Crippen molar-refractivity contribution in [2.75, 3.05) is 0 Å². The number of carbonyl (C=O) groups is 1. The van der Waals surface area contributed by atoms with Crippen LogP contribution < -0.4 is 5.32 Å². The summed E-state index contributed by atoms with van der Waals surface area (Å²) in [7, 11) is 0. The van der Waals surface area contributed by atoms with Crippen LogP contribution in [-0.4, -0.2) is 15.9 Å². The Morgan fingerprint density at radius 2 is 2.33 bits per heavy atom. The number of pyridine rings is 1. The van der Waals surface area contributed by atoms with Gasteiger partial charge in [-0.05, 0) is 34.0 Å². The second-order valence-corrected chi connectivity index (χ2v) is 5.40. The summed E-state index contributed by atoms with van der Waals surface area (Å²) < 4.78 is 0.914. The van der Waals surface area contributed by atoms with Gasteiger partial charge in [0.2, 0.25) is 5.91 Å². The molecule has 0 aromatic carbocycles. The van der Waals surface area contributed by atoms with E-state index < -0.39 is 0 Å². The molecule has 1 N–H and O–H groups in total. The minimum absolute atomic E-state index is 0.0305. The largest absolute Gasteiger partial charge is 0.352 e. The van der Waals surface area contributed by atoms with Crippen molar-refractivity contribution in [3.8, 4) is 0 Å². The SMILES string of the molecule is O=C(CCc1cscn1)NCc1cncc(Br)c1. The number of hydrogen-bond acceptors (Lipinski definition) is 4. The van der Waals surface area contributed by atoms with Crippen molar-refractivity contribution in [1.82, 2.24) is 15.3 Å². The first-order valence-electron chi connectivity index (χ1n) is 5.47. The average molecular weight is 326 g/mol. The molecule has 0 bridgehead atoms. The van der Waals surface area contributed by atoms with E-state index in [4.69, 9.17) is 0 Å². The molecule has 2 aromatic heterocycles. The van der Waals surface area contributed by atoms with Crippen molar-refractivity contribution in [3.63, 3.8) is 0 Å². The lowest BCUT2D eigenvalue weighted by Crippen LogP contribution is -2.23. The Balaban J connectivity index is 1.75. The Morgan fingerprint density at radius 3 is 3.06 bits per heavy atom. The maximum Gasteiger partial charge on any atom is 0.220 e. The molecular weight excluding hydrogens is 314 g/mol. The zero-order valence-electron chi connectivity index (χ0n) is 9.60. The highest BCUT2D eigenvalue weighted by molar-refractivity contribution is 9.10. The van der Waals surface area contributed by atoms with Crippen molar-refractivity contribution in [3.05, 3.63) is 45.1 Å². The summed E-state index contributed by atoms with van der Waals surface area (Å²) in [4.78, 5) is 19.8. The van der Waals surface area contributed by atoms with E-state index in [2.05, 4.69) is 31.2 Å². The van der Waals surface area contributed by atoms with Crippen LogP contribution in [-0.2, 0) is 17.8 Å². The van der Waals surface area contributed by atoms with Gasteiger partial charge in [0.15, 0.2) is 0 Å². The fraction of sp³-hybridized carbons (Fsp3) is 0.250. The number of amides is 1. The number of nitrogens with zero attached hydrogens (tertiary/aromatic N) is 2. The lowest BCUT2D eigenvalue weighted by Gasteiger charge is -2.04. The molecule has 0 aliphatic rings. The summed E-state index contributed by atoms with van der Waals surface area (Å²) in [5, 5.41) is 4.83. The van der Waals surface area contributed by atoms with Crippen molar-refractivity contribution in [2.24, 2.45) is 0 Å². The van der Waals surface area contributed by atoms with E-state index in [0.717, 1.165) is 15.7 Å². The molecule has 0 saturated carbocycles. The van der Waals surface area contributed by atoms with Crippen LogP contribution in [0.1, 0.15) is 17.7 Å². The van der Waals surface area contributed by atoms with Crippen LogP contribution in [0.15, 0.2) is 33.8 Å². The van der Waals surface area contributed by atoms with Crippen molar-refractivity contribution >= 4 is 33.2 Å². The monoisotopic (exact) mass is 325 g/mol. The number of carbonyl (C=O) groups excluding carboxylic acids is 1. The number of thiazole rings is 1. The fourth-order valence-corrected chi connectivity index (χ4v) is 2.45. The van der Waals surface area contributed by atoms with Gasteiger partial charge in [0.1, 0.15) is 0 Å². The molecule has 0 unspecified atom stereocenters. The van der Waals surface area contributed by atoms with Crippen LogP contribution in [0.25, 0.3) is 0 Å². The predicted molar refractivity (Wildman–Crippen MR) is 74.2 cm³/mol. The van der Waals surface area contributed by atoms with Crippen molar-refractivity contribution < 1.29 is 4.79 Å². The molecule has 0 fully saturated rings. The summed E-state index contributed by atoms with van der Waals surface area (Å²) in [5.41, 5.74) is 3.73. The molecule has 0 aliphatic heterocycles. The molecular formula is C12H12BrN3OS. The first-order chi connectivity index (χ1) is 8.74. The Kier molecular flexibility index (Phi) is 4.83. The number of halogens is 1. The topological polar surface area (TPSA) is 54.9 Å². The van der Waals surface area contributed by atoms with E-state index in [-0.39, 0.29) is 5.91 Å². The van der Waals surface area contributed by atoms with Gasteiger partial charge in [0, 0.05) is 35.2 Å². The smallest absolute Gasteiger partial charge is 0.220 e. The van der Waals surface area contributed by atoms with Gasteiger partial charge in [0.25, 0.3) is 0 Å². The number of rotatable bonds is 5. The highest BCUT2D eigenvalue weighted by Crippen LogP contribution is 2.09. The fourth-order valence-electron chi connectivity index (χ4n) is 1.44. The average Bonchev–Trinajstić information content (AvgIpc) is 2.87. The van der Waals surface area contributed by atoms with E-state index >= 15 is 0 Å². The number of aryl methyl sites for hydroxylation is 1. The molecule has 0 atom stereocenters. The first-order valence-corrected chi connectivity index (χ1v) is 7.21. The summed E-state index contributed by atoms with van der Waals surface area (Å²) in [6.45, 7) is 0.502. The summed E-state index contributed by atoms with van der Waals surface area (Å²) in [5.74, 6) is 0.0305. The van der Waals surface area contributed by atoms with Gasteiger partial charge in [-0.2, -0.15) is 0 Å². The van der Waals surface area contributed by atoms with Crippen LogP contribution in [0.3, 0.4) is 0 Å². The third kappa shape index (κ3) is 4.19. The standard InChI is InChI=1S/C12H12BrN3OS/c13-10-3-9(4-14-6-10)5-15-12(17)2-1-11-7-18-8-16-11/h3-4,6-8H,1-2,5H2,(H,15,17). The predicted octanol–water partition coefficient (Wildman–Crippen LogP) is 2.55. The Hall–Kier alpha value is -1.27. The lowest BCUT2D eigenvalue weighted by atomic mass is 10.2. The molecule has 18 heavy (non-hydrogen) atoms. The lowest BCUT2D eigenvalue weighted by molar-refractivity contribution is -0.121.